The fraction of sp³-hybridized carbons (Fsp3) is 0.318. The fourth-order valence-electron chi connectivity index (χ4n) is 3.61. The molecule has 10 heteroatoms. The molecular formula is C22H24BrN3O4S2. The third kappa shape index (κ3) is 4.93. The number of nitrogens with zero attached hydrogens (tertiary/aromatic N) is 3. The van der Waals surface area contributed by atoms with Crippen molar-refractivity contribution in [1.29, 1.82) is 0 Å². The van der Waals surface area contributed by atoms with Crippen molar-refractivity contribution in [2.24, 2.45) is 0 Å². The zero-order valence-electron chi connectivity index (χ0n) is 17.8. The Labute approximate surface area is 200 Å². The van der Waals surface area contributed by atoms with Crippen molar-refractivity contribution in [1.82, 2.24) is 9.29 Å². The Kier molecular flexibility index (Phi) is 7.04. The molecule has 1 saturated heterocycles. The molecule has 0 spiro atoms. The molecule has 0 unspecified atom stereocenters. The van der Waals surface area contributed by atoms with Gasteiger partial charge in [-0.1, -0.05) is 12.1 Å². The van der Waals surface area contributed by atoms with Gasteiger partial charge in [-0.25, -0.2) is 13.4 Å². The second kappa shape index (κ2) is 9.78. The molecule has 0 amide bonds. The molecule has 3 aromatic rings. The Bertz CT molecular complexity index is 1170. The number of methoxy groups -OCH3 is 2. The molecule has 1 aromatic heterocycles. The average Bonchev–Trinajstić information content (AvgIpc) is 3.27. The molecule has 32 heavy (non-hydrogen) atoms. The van der Waals surface area contributed by atoms with E-state index < -0.39 is 10.0 Å². The van der Waals surface area contributed by atoms with Crippen LogP contribution in [0, 0.1) is 0 Å². The summed E-state index contributed by atoms with van der Waals surface area (Å²) in [5, 5.41) is 2.96. The van der Waals surface area contributed by atoms with Gasteiger partial charge in [0, 0.05) is 48.5 Å². The van der Waals surface area contributed by atoms with Crippen LogP contribution in [-0.2, 0) is 16.4 Å². The van der Waals surface area contributed by atoms with E-state index in [1.54, 1.807) is 48.1 Å². The molecular weight excluding hydrogens is 514 g/mol. The molecule has 4 rings (SSSR count). The van der Waals surface area contributed by atoms with Gasteiger partial charge in [0.15, 0.2) is 5.13 Å². The number of ether oxygens (including phenoxy) is 2. The molecule has 7 nitrogen and oxygen atoms in total. The van der Waals surface area contributed by atoms with Crippen LogP contribution in [0.15, 0.2) is 57.2 Å². The van der Waals surface area contributed by atoms with Crippen LogP contribution in [0.2, 0.25) is 0 Å². The largest absolute Gasteiger partial charge is 0.497 e. The van der Waals surface area contributed by atoms with E-state index in [0.29, 0.717) is 42.0 Å². The minimum Gasteiger partial charge on any atom is -0.497 e. The highest BCUT2D eigenvalue weighted by Crippen LogP contribution is 2.29. The molecule has 0 bridgehead atoms. The van der Waals surface area contributed by atoms with Crippen molar-refractivity contribution < 1.29 is 17.9 Å². The van der Waals surface area contributed by atoms with E-state index >= 15 is 0 Å². The second-order valence-corrected chi connectivity index (χ2v) is 10.9. The highest BCUT2D eigenvalue weighted by molar-refractivity contribution is 9.10. The van der Waals surface area contributed by atoms with Gasteiger partial charge in [0.25, 0.3) is 0 Å². The van der Waals surface area contributed by atoms with Crippen LogP contribution >= 0.6 is 27.3 Å². The van der Waals surface area contributed by atoms with Crippen molar-refractivity contribution >= 4 is 42.4 Å². The maximum atomic E-state index is 13.0. The first-order valence-electron chi connectivity index (χ1n) is 10.1. The topological polar surface area (TPSA) is 72.0 Å². The monoisotopic (exact) mass is 537 g/mol. The lowest BCUT2D eigenvalue weighted by atomic mass is 10.1. The Morgan fingerprint density at radius 2 is 1.69 bits per heavy atom. The fourth-order valence-corrected chi connectivity index (χ4v) is 6.88. The van der Waals surface area contributed by atoms with E-state index in [1.165, 1.54) is 0 Å². The summed E-state index contributed by atoms with van der Waals surface area (Å²) >= 11 is 4.93. The Hall–Kier alpha value is -2.14. The Morgan fingerprint density at radius 3 is 2.31 bits per heavy atom. The van der Waals surface area contributed by atoms with Crippen molar-refractivity contribution in [3.63, 3.8) is 0 Å². The Balaban J connectivity index is 1.42. The summed E-state index contributed by atoms with van der Waals surface area (Å²) in [6, 6.07) is 12.7. The van der Waals surface area contributed by atoms with Crippen molar-refractivity contribution in [3.05, 3.63) is 63.6 Å². The molecule has 1 aliphatic rings. The van der Waals surface area contributed by atoms with Gasteiger partial charge >= 0.3 is 0 Å². The van der Waals surface area contributed by atoms with Gasteiger partial charge in [-0.15, -0.1) is 11.3 Å². The highest BCUT2D eigenvalue weighted by Gasteiger charge is 2.30. The quantitative estimate of drug-likeness (QED) is 0.453. The maximum Gasteiger partial charge on any atom is 0.244 e. The zero-order chi connectivity index (χ0) is 22.7. The summed E-state index contributed by atoms with van der Waals surface area (Å²) in [5.74, 6) is 1.49. The number of rotatable bonds is 7. The number of halogens is 1. The standard InChI is InChI=1S/C22H24BrN3O4S2/c1-29-18-12-16(13-19(14-18)30-2)11-17-15-31-22(24-17)25-7-9-26(10-8-25)32(27,28)21-6-4-3-5-20(21)23/h3-6,12-15H,7-11H2,1-2H3. The van der Waals surface area contributed by atoms with Gasteiger partial charge in [-0.2, -0.15) is 4.31 Å². The molecule has 1 fully saturated rings. The summed E-state index contributed by atoms with van der Waals surface area (Å²) < 4.78 is 38.8. The van der Waals surface area contributed by atoms with E-state index in [4.69, 9.17) is 14.5 Å². The van der Waals surface area contributed by atoms with Crippen LogP contribution in [0.4, 0.5) is 5.13 Å². The van der Waals surface area contributed by atoms with Crippen molar-refractivity contribution in [2.75, 3.05) is 45.3 Å². The SMILES string of the molecule is COc1cc(Cc2csc(N3CCN(S(=O)(=O)c4ccccc4Br)CC3)n2)cc(OC)c1. The van der Waals surface area contributed by atoms with Gasteiger partial charge in [0.05, 0.1) is 24.8 Å². The number of sulfonamides is 1. The van der Waals surface area contributed by atoms with Gasteiger partial charge in [0.1, 0.15) is 11.5 Å². The third-order valence-electron chi connectivity index (χ3n) is 5.30. The van der Waals surface area contributed by atoms with Crippen LogP contribution in [-0.4, -0.2) is 58.1 Å². The lowest BCUT2D eigenvalue weighted by Crippen LogP contribution is -2.48. The van der Waals surface area contributed by atoms with E-state index in [9.17, 15) is 8.42 Å². The normalized spacial score (nSPS) is 15.0. The van der Waals surface area contributed by atoms with Crippen molar-refractivity contribution in [2.45, 2.75) is 11.3 Å². The molecule has 0 N–H and O–H groups in total. The number of aromatic nitrogens is 1. The highest BCUT2D eigenvalue weighted by atomic mass is 79.9. The average molecular weight is 538 g/mol. The summed E-state index contributed by atoms with van der Waals surface area (Å²) in [6.07, 6.45) is 0.667. The molecule has 2 heterocycles. The van der Waals surface area contributed by atoms with Crippen molar-refractivity contribution in [3.8, 4) is 11.5 Å². The minimum absolute atomic E-state index is 0.304. The second-order valence-electron chi connectivity index (χ2n) is 7.34. The van der Waals surface area contributed by atoms with Crippen LogP contribution in [0.5, 0.6) is 11.5 Å². The number of hydrogen-bond acceptors (Lipinski definition) is 7. The van der Waals surface area contributed by atoms with E-state index in [2.05, 4.69) is 20.8 Å². The minimum atomic E-state index is -3.53. The lowest BCUT2D eigenvalue weighted by molar-refractivity contribution is 0.384. The van der Waals surface area contributed by atoms with Gasteiger partial charge < -0.3 is 14.4 Å². The maximum absolute atomic E-state index is 13.0. The molecule has 0 radical (unpaired) electrons. The number of hydrogen-bond donors (Lipinski definition) is 0. The van der Waals surface area contributed by atoms with Gasteiger partial charge in [-0.3, -0.25) is 0 Å². The number of benzene rings is 2. The zero-order valence-corrected chi connectivity index (χ0v) is 21.0. The molecule has 0 aliphatic carbocycles. The first-order chi connectivity index (χ1) is 15.4. The molecule has 0 saturated carbocycles. The summed E-state index contributed by atoms with van der Waals surface area (Å²) in [6.45, 7) is 2.05. The van der Waals surface area contributed by atoms with Crippen LogP contribution in [0.1, 0.15) is 11.3 Å². The molecule has 2 aromatic carbocycles. The van der Waals surface area contributed by atoms with Crippen LogP contribution < -0.4 is 14.4 Å². The van der Waals surface area contributed by atoms with Gasteiger partial charge in [0.2, 0.25) is 10.0 Å². The van der Waals surface area contributed by atoms with E-state index in [1.807, 2.05) is 29.6 Å². The first-order valence-corrected chi connectivity index (χ1v) is 13.2. The molecule has 1 aliphatic heterocycles. The smallest absolute Gasteiger partial charge is 0.244 e. The molecule has 0 atom stereocenters. The summed E-state index contributed by atoms with van der Waals surface area (Å²) in [7, 11) is -0.259. The van der Waals surface area contributed by atoms with Crippen LogP contribution in [0.25, 0.3) is 0 Å². The Morgan fingerprint density at radius 1 is 1.03 bits per heavy atom. The number of thiazole rings is 1. The predicted molar refractivity (Wildman–Crippen MR) is 130 cm³/mol. The van der Waals surface area contributed by atoms with E-state index in [0.717, 1.165) is 27.9 Å². The lowest BCUT2D eigenvalue weighted by Gasteiger charge is -2.34. The summed E-state index contributed by atoms with van der Waals surface area (Å²) in [5.41, 5.74) is 2.02. The predicted octanol–water partition coefficient (Wildman–Crippen LogP) is 4.02. The third-order valence-corrected chi connectivity index (χ3v) is 9.16. The van der Waals surface area contributed by atoms with Gasteiger partial charge in [-0.05, 0) is 45.8 Å². The van der Waals surface area contributed by atoms with Crippen LogP contribution in [0.3, 0.4) is 0 Å². The van der Waals surface area contributed by atoms with E-state index in [-0.39, 0.29) is 0 Å². The number of anilines is 1. The summed E-state index contributed by atoms with van der Waals surface area (Å²) in [4.78, 5) is 7.24. The molecule has 170 valence electrons. The number of piperazine rings is 1. The first kappa shape index (κ1) is 23.0.